The van der Waals surface area contributed by atoms with Crippen molar-refractivity contribution in [1.82, 2.24) is 5.32 Å². The van der Waals surface area contributed by atoms with E-state index in [0.717, 1.165) is 12.0 Å². The molecular formula is C18H26ClNO3. The lowest BCUT2D eigenvalue weighted by Gasteiger charge is -2.33. The summed E-state index contributed by atoms with van der Waals surface area (Å²) in [7, 11) is 0. The average Bonchev–Trinajstić information content (AvgIpc) is 2.34. The predicted molar refractivity (Wildman–Crippen MR) is 92.4 cm³/mol. The Kier molecular flexibility index (Phi) is 5.14. The van der Waals surface area contributed by atoms with Crippen LogP contribution in [0.4, 0.5) is 0 Å². The number of halogens is 1. The van der Waals surface area contributed by atoms with Gasteiger partial charge in [-0.05, 0) is 43.4 Å². The van der Waals surface area contributed by atoms with E-state index in [0.29, 0.717) is 29.7 Å². The molecule has 0 atom stereocenters. The number of fused-ring (bicyclic) bond motifs is 1. The number of rotatable bonds is 4. The van der Waals surface area contributed by atoms with Gasteiger partial charge in [0.25, 0.3) is 0 Å². The lowest BCUT2D eigenvalue weighted by Crippen LogP contribution is -2.46. The maximum absolute atomic E-state index is 12.4. The van der Waals surface area contributed by atoms with Gasteiger partial charge in [0.15, 0.2) is 11.5 Å². The highest BCUT2D eigenvalue weighted by Gasteiger charge is 2.27. The molecule has 0 spiro atoms. The zero-order valence-electron chi connectivity index (χ0n) is 14.6. The summed E-state index contributed by atoms with van der Waals surface area (Å²) in [5, 5.41) is 3.59. The average molecular weight is 340 g/mol. The molecule has 1 heterocycles. The van der Waals surface area contributed by atoms with Crippen molar-refractivity contribution in [2.75, 3.05) is 13.2 Å². The molecule has 0 fully saturated rings. The van der Waals surface area contributed by atoms with Crippen LogP contribution in [0.5, 0.6) is 11.5 Å². The summed E-state index contributed by atoms with van der Waals surface area (Å²) in [4.78, 5) is 12.4. The second-order valence-corrected chi connectivity index (χ2v) is 8.36. The van der Waals surface area contributed by atoms with Crippen LogP contribution in [0.25, 0.3) is 0 Å². The standard InChI is InChI=1S/C18H26ClNO3/c1-17(2,3)11-18(4,5)20-15(21)10-12-8-13(19)16-14(9-12)22-6-7-23-16/h8-9H,6-7,10-11H2,1-5H3,(H,20,21). The molecule has 0 bridgehead atoms. The molecule has 128 valence electrons. The minimum absolute atomic E-state index is 0.0213. The Morgan fingerprint density at radius 3 is 2.48 bits per heavy atom. The van der Waals surface area contributed by atoms with Crippen LogP contribution in [0.3, 0.4) is 0 Å². The Morgan fingerprint density at radius 2 is 1.83 bits per heavy atom. The number of ether oxygens (including phenoxy) is 2. The summed E-state index contributed by atoms with van der Waals surface area (Å²) in [5.41, 5.74) is 0.715. The molecule has 0 unspecified atom stereocenters. The summed E-state index contributed by atoms with van der Waals surface area (Å²) < 4.78 is 11.0. The highest BCUT2D eigenvalue weighted by atomic mass is 35.5. The van der Waals surface area contributed by atoms with Crippen LogP contribution in [-0.4, -0.2) is 24.7 Å². The molecule has 4 nitrogen and oxygen atoms in total. The minimum atomic E-state index is -0.257. The first-order chi connectivity index (χ1) is 10.6. The number of benzene rings is 1. The number of amides is 1. The summed E-state index contributed by atoms with van der Waals surface area (Å²) in [6.45, 7) is 11.6. The molecule has 1 aromatic carbocycles. The van der Waals surface area contributed by atoms with Crippen molar-refractivity contribution in [3.05, 3.63) is 22.7 Å². The first kappa shape index (κ1) is 17.9. The van der Waals surface area contributed by atoms with Gasteiger partial charge < -0.3 is 14.8 Å². The molecule has 0 aromatic heterocycles. The normalized spacial score (nSPS) is 14.5. The second-order valence-electron chi connectivity index (χ2n) is 7.95. The molecule has 23 heavy (non-hydrogen) atoms. The number of hydrogen-bond acceptors (Lipinski definition) is 3. The van der Waals surface area contributed by atoms with Gasteiger partial charge in [-0.15, -0.1) is 0 Å². The van der Waals surface area contributed by atoms with Gasteiger partial charge in [0.2, 0.25) is 5.91 Å². The van der Waals surface area contributed by atoms with Gasteiger partial charge in [0, 0.05) is 5.54 Å². The van der Waals surface area contributed by atoms with Crippen molar-refractivity contribution >= 4 is 17.5 Å². The van der Waals surface area contributed by atoms with E-state index in [1.165, 1.54) is 0 Å². The first-order valence-electron chi connectivity index (χ1n) is 7.95. The lowest BCUT2D eigenvalue weighted by atomic mass is 9.81. The smallest absolute Gasteiger partial charge is 0.224 e. The number of hydrogen-bond donors (Lipinski definition) is 1. The molecule has 1 aliphatic heterocycles. The fourth-order valence-electron chi connectivity index (χ4n) is 3.24. The topological polar surface area (TPSA) is 47.6 Å². The molecule has 0 aliphatic carbocycles. The van der Waals surface area contributed by atoms with Gasteiger partial charge in [-0.3, -0.25) is 4.79 Å². The highest BCUT2D eigenvalue weighted by Crippen LogP contribution is 2.38. The summed E-state index contributed by atoms with van der Waals surface area (Å²) in [5.74, 6) is 1.16. The van der Waals surface area contributed by atoms with E-state index in [2.05, 4.69) is 26.1 Å². The van der Waals surface area contributed by atoms with Gasteiger partial charge in [0.05, 0.1) is 11.4 Å². The molecular weight excluding hydrogens is 314 g/mol. The van der Waals surface area contributed by atoms with Crippen LogP contribution in [-0.2, 0) is 11.2 Å². The fraction of sp³-hybridized carbons (Fsp3) is 0.611. The van der Waals surface area contributed by atoms with Crippen molar-refractivity contribution in [2.45, 2.75) is 53.0 Å². The van der Waals surface area contributed by atoms with E-state index in [9.17, 15) is 4.79 Å². The summed E-state index contributed by atoms with van der Waals surface area (Å²) >= 11 is 6.21. The molecule has 5 heteroatoms. The fourth-order valence-corrected chi connectivity index (χ4v) is 3.53. The van der Waals surface area contributed by atoms with Crippen LogP contribution in [0, 0.1) is 5.41 Å². The van der Waals surface area contributed by atoms with E-state index in [4.69, 9.17) is 21.1 Å². The highest BCUT2D eigenvalue weighted by molar-refractivity contribution is 6.32. The Balaban J connectivity index is 2.04. The zero-order valence-corrected chi connectivity index (χ0v) is 15.3. The number of nitrogens with one attached hydrogen (secondary N) is 1. The molecule has 1 aromatic rings. The van der Waals surface area contributed by atoms with Gasteiger partial charge in [-0.1, -0.05) is 32.4 Å². The van der Waals surface area contributed by atoms with Crippen molar-refractivity contribution in [1.29, 1.82) is 0 Å². The molecule has 1 aliphatic rings. The van der Waals surface area contributed by atoms with E-state index in [1.54, 1.807) is 6.07 Å². The summed E-state index contributed by atoms with van der Waals surface area (Å²) in [6, 6.07) is 3.60. The Bertz CT molecular complexity index is 591. The SMILES string of the molecule is CC(C)(C)CC(C)(C)NC(=O)Cc1cc(Cl)c2c(c1)OCCO2. The molecule has 0 saturated heterocycles. The molecule has 0 saturated carbocycles. The van der Waals surface area contributed by atoms with E-state index in [-0.39, 0.29) is 23.3 Å². The molecule has 0 radical (unpaired) electrons. The van der Waals surface area contributed by atoms with Crippen molar-refractivity contribution in [3.8, 4) is 11.5 Å². The third-order valence-electron chi connectivity index (χ3n) is 3.47. The van der Waals surface area contributed by atoms with Gasteiger partial charge in [-0.2, -0.15) is 0 Å². The molecule has 1 N–H and O–H groups in total. The third-order valence-corrected chi connectivity index (χ3v) is 3.75. The maximum atomic E-state index is 12.4. The zero-order chi connectivity index (χ0) is 17.3. The van der Waals surface area contributed by atoms with Crippen LogP contribution in [0.1, 0.15) is 46.6 Å². The van der Waals surface area contributed by atoms with Crippen molar-refractivity contribution in [3.63, 3.8) is 0 Å². The number of carbonyl (C=O) groups is 1. The van der Waals surface area contributed by atoms with Crippen LogP contribution in [0.2, 0.25) is 5.02 Å². The van der Waals surface area contributed by atoms with Crippen LogP contribution < -0.4 is 14.8 Å². The van der Waals surface area contributed by atoms with E-state index in [1.807, 2.05) is 19.9 Å². The Labute approximate surface area is 143 Å². The summed E-state index contributed by atoms with van der Waals surface area (Å²) in [6.07, 6.45) is 1.16. The Morgan fingerprint density at radius 1 is 1.17 bits per heavy atom. The third kappa shape index (κ3) is 5.31. The van der Waals surface area contributed by atoms with Crippen molar-refractivity contribution < 1.29 is 14.3 Å². The first-order valence-corrected chi connectivity index (χ1v) is 8.33. The number of carbonyl (C=O) groups excluding carboxylic acids is 1. The van der Waals surface area contributed by atoms with Crippen molar-refractivity contribution in [2.24, 2.45) is 5.41 Å². The second kappa shape index (κ2) is 6.60. The van der Waals surface area contributed by atoms with Crippen LogP contribution in [0.15, 0.2) is 12.1 Å². The Hall–Kier alpha value is -1.42. The van der Waals surface area contributed by atoms with E-state index < -0.39 is 0 Å². The monoisotopic (exact) mass is 339 g/mol. The van der Waals surface area contributed by atoms with E-state index >= 15 is 0 Å². The molecule has 2 rings (SSSR count). The maximum Gasteiger partial charge on any atom is 0.224 e. The lowest BCUT2D eigenvalue weighted by molar-refractivity contribution is -0.122. The quantitative estimate of drug-likeness (QED) is 0.902. The van der Waals surface area contributed by atoms with Gasteiger partial charge in [0.1, 0.15) is 13.2 Å². The van der Waals surface area contributed by atoms with Crippen LogP contribution >= 0.6 is 11.6 Å². The van der Waals surface area contributed by atoms with Gasteiger partial charge >= 0.3 is 0 Å². The largest absolute Gasteiger partial charge is 0.486 e. The van der Waals surface area contributed by atoms with Gasteiger partial charge in [-0.25, -0.2) is 0 Å². The minimum Gasteiger partial charge on any atom is -0.486 e. The predicted octanol–water partition coefficient (Wildman–Crippen LogP) is 3.98. The molecule has 1 amide bonds.